The van der Waals surface area contributed by atoms with E-state index >= 15 is 0 Å². The number of amides is 2. The number of nitrogens with zero attached hydrogens (tertiary/aromatic N) is 1. The maximum Gasteiger partial charge on any atom is 0.326 e. The lowest BCUT2D eigenvalue weighted by atomic mass is 9.80. The number of ether oxygens (including phenoxy) is 2. The van der Waals surface area contributed by atoms with Gasteiger partial charge in [0.2, 0.25) is 11.8 Å². The molecule has 2 saturated heterocycles. The molecule has 0 bridgehead atoms. The van der Waals surface area contributed by atoms with Crippen molar-refractivity contribution in [3.8, 4) is 5.75 Å². The van der Waals surface area contributed by atoms with Gasteiger partial charge in [-0.15, -0.1) is 0 Å². The van der Waals surface area contributed by atoms with Crippen LogP contribution in [-0.2, 0) is 19.1 Å². The SMILES string of the molecule is CCOC(=O)[C@]1(C)N[C@@H](c2ccc(OC)cc2)[C@H]2C(=O)N(CC)C(=O)[C@H]21. The number of fused-ring (bicyclic) bond motifs is 1. The number of carbonyl (C=O) groups is 3. The third-order valence-corrected chi connectivity index (χ3v) is 5.37. The lowest BCUT2D eigenvalue weighted by Gasteiger charge is -2.28. The molecule has 2 aliphatic rings. The van der Waals surface area contributed by atoms with Crippen molar-refractivity contribution in [3.05, 3.63) is 29.8 Å². The topological polar surface area (TPSA) is 84.9 Å². The fourth-order valence-corrected chi connectivity index (χ4v) is 4.08. The molecule has 0 unspecified atom stereocenters. The Morgan fingerprint density at radius 1 is 1.19 bits per heavy atom. The summed E-state index contributed by atoms with van der Waals surface area (Å²) in [5, 5.41) is 3.23. The van der Waals surface area contributed by atoms with Crippen LogP contribution in [0, 0.1) is 11.8 Å². The summed E-state index contributed by atoms with van der Waals surface area (Å²) in [5.41, 5.74) is -0.421. The van der Waals surface area contributed by atoms with Gasteiger partial charge in [0.1, 0.15) is 11.3 Å². The van der Waals surface area contributed by atoms with E-state index in [4.69, 9.17) is 9.47 Å². The smallest absolute Gasteiger partial charge is 0.326 e. The molecule has 7 heteroatoms. The quantitative estimate of drug-likeness (QED) is 0.629. The first kappa shape index (κ1) is 18.4. The molecule has 2 fully saturated rings. The molecule has 0 spiro atoms. The van der Waals surface area contributed by atoms with Gasteiger partial charge in [0, 0.05) is 12.6 Å². The molecule has 140 valence electrons. The van der Waals surface area contributed by atoms with Crippen LogP contribution < -0.4 is 10.1 Å². The maximum absolute atomic E-state index is 12.9. The number of hydrogen-bond donors (Lipinski definition) is 1. The fraction of sp³-hybridized carbons (Fsp3) is 0.526. The molecular formula is C19H24N2O5. The number of esters is 1. The summed E-state index contributed by atoms with van der Waals surface area (Å²) in [7, 11) is 1.58. The average Bonchev–Trinajstić information content (AvgIpc) is 3.09. The van der Waals surface area contributed by atoms with Crippen LogP contribution in [0.3, 0.4) is 0 Å². The lowest BCUT2D eigenvalue weighted by Crippen LogP contribution is -2.54. The minimum Gasteiger partial charge on any atom is -0.497 e. The van der Waals surface area contributed by atoms with Crippen LogP contribution in [0.4, 0.5) is 0 Å². The van der Waals surface area contributed by atoms with E-state index in [2.05, 4.69) is 5.32 Å². The van der Waals surface area contributed by atoms with Crippen molar-refractivity contribution in [1.82, 2.24) is 10.2 Å². The zero-order chi connectivity index (χ0) is 19.1. The highest BCUT2D eigenvalue weighted by Gasteiger charge is 2.66. The zero-order valence-corrected chi connectivity index (χ0v) is 15.4. The lowest BCUT2D eigenvalue weighted by molar-refractivity contribution is -0.155. The number of rotatable bonds is 5. The van der Waals surface area contributed by atoms with E-state index in [1.165, 1.54) is 4.90 Å². The Bertz CT molecular complexity index is 732. The van der Waals surface area contributed by atoms with Gasteiger partial charge in [0.15, 0.2) is 0 Å². The average molecular weight is 360 g/mol. The second-order valence-corrected chi connectivity index (χ2v) is 6.74. The predicted molar refractivity (Wildman–Crippen MR) is 93.3 cm³/mol. The molecule has 1 N–H and O–H groups in total. The second kappa shape index (κ2) is 6.72. The van der Waals surface area contributed by atoms with Gasteiger partial charge in [0.25, 0.3) is 0 Å². The van der Waals surface area contributed by atoms with Crippen molar-refractivity contribution in [1.29, 1.82) is 0 Å². The summed E-state index contributed by atoms with van der Waals surface area (Å²) in [5.74, 6) is -1.79. The Hall–Kier alpha value is -2.41. The first-order valence-corrected chi connectivity index (χ1v) is 8.83. The van der Waals surface area contributed by atoms with E-state index in [0.717, 1.165) is 5.56 Å². The molecule has 0 aromatic heterocycles. The summed E-state index contributed by atoms with van der Waals surface area (Å²) in [6.07, 6.45) is 0. The molecule has 1 aromatic rings. The van der Waals surface area contributed by atoms with Crippen LogP contribution >= 0.6 is 0 Å². The number of likely N-dealkylation sites (tertiary alicyclic amines) is 1. The monoisotopic (exact) mass is 360 g/mol. The number of imide groups is 1. The van der Waals surface area contributed by atoms with Crippen molar-refractivity contribution >= 4 is 17.8 Å². The Morgan fingerprint density at radius 3 is 2.38 bits per heavy atom. The first-order valence-electron chi connectivity index (χ1n) is 8.83. The van der Waals surface area contributed by atoms with E-state index in [1.54, 1.807) is 40.0 Å². The standard InChI is InChI=1S/C19H24N2O5/c1-5-21-16(22)13-14(17(21)23)19(3,18(24)26-6-2)20-15(13)11-7-9-12(25-4)10-8-11/h7-10,13-15,20H,5-6H2,1-4H3/t13-,14-,15-,19+/m0/s1. The van der Waals surface area contributed by atoms with Gasteiger partial charge in [-0.2, -0.15) is 0 Å². The van der Waals surface area contributed by atoms with Gasteiger partial charge < -0.3 is 9.47 Å². The minimum atomic E-state index is -1.25. The molecule has 1 aromatic carbocycles. The van der Waals surface area contributed by atoms with Crippen molar-refractivity contribution < 1.29 is 23.9 Å². The summed E-state index contributed by atoms with van der Waals surface area (Å²) < 4.78 is 10.4. The van der Waals surface area contributed by atoms with Gasteiger partial charge >= 0.3 is 5.97 Å². The van der Waals surface area contributed by atoms with Crippen LogP contribution in [0.2, 0.25) is 0 Å². The molecule has 0 saturated carbocycles. The molecule has 26 heavy (non-hydrogen) atoms. The Morgan fingerprint density at radius 2 is 1.85 bits per heavy atom. The molecule has 2 aliphatic heterocycles. The molecule has 0 aliphatic carbocycles. The van der Waals surface area contributed by atoms with Gasteiger partial charge in [-0.1, -0.05) is 12.1 Å². The van der Waals surface area contributed by atoms with E-state index in [1.807, 2.05) is 12.1 Å². The molecule has 3 rings (SSSR count). The molecule has 0 radical (unpaired) electrons. The minimum absolute atomic E-state index is 0.209. The molecule has 2 amide bonds. The van der Waals surface area contributed by atoms with E-state index < -0.39 is 29.4 Å². The third kappa shape index (κ3) is 2.58. The van der Waals surface area contributed by atoms with E-state index in [0.29, 0.717) is 12.3 Å². The highest BCUT2D eigenvalue weighted by molar-refractivity contribution is 6.09. The van der Waals surface area contributed by atoms with Crippen LogP contribution in [0.5, 0.6) is 5.75 Å². The molecule has 2 heterocycles. The summed E-state index contributed by atoms with van der Waals surface area (Å²) in [6.45, 7) is 5.62. The van der Waals surface area contributed by atoms with Crippen LogP contribution in [0.1, 0.15) is 32.4 Å². The molecule has 7 nitrogen and oxygen atoms in total. The van der Waals surface area contributed by atoms with Crippen LogP contribution in [0.15, 0.2) is 24.3 Å². The van der Waals surface area contributed by atoms with Gasteiger partial charge in [-0.05, 0) is 38.5 Å². The van der Waals surface area contributed by atoms with Crippen LogP contribution in [-0.4, -0.2) is 48.5 Å². The highest BCUT2D eigenvalue weighted by atomic mass is 16.5. The number of benzene rings is 1. The van der Waals surface area contributed by atoms with Crippen molar-refractivity contribution in [2.75, 3.05) is 20.3 Å². The van der Waals surface area contributed by atoms with Gasteiger partial charge in [-0.3, -0.25) is 24.6 Å². The van der Waals surface area contributed by atoms with Crippen molar-refractivity contribution in [3.63, 3.8) is 0 Å². The van der Waals surface area contributed by atoms with Gasteiger partial charge in [0.05, 0.1) is 25.6 Å². The van der Waals surface area contributed by atoms with Gasteiger partial charge in [-0.25, -0.2) is 0 Å². The van der Waals surface area contributed by atoms with Crippen molar-refractivity contribution in [2.45, 2.75) is 32.4 Å². The number of hydrogen-bond acceptors (Lipinski definition) is 6. The summed E-state index contributed by atoms with van der Waals surface area (Å²) in [4.78, 5) is 39.6. The Kier molecular flexibility index (Phi) is 4.75. The largest absolute Gasteiger partial charge is 0.497 e. The number of carbonyl (C=O) groups excluding carboxylic acids is 3. The Balaban J connectivity index is 2.04. The number of methoxy groups -OCH3 is 1. The second-order valence-electron chi connectivity index (χ2n) is 6.74. The van der Waals surface area contributed by atoms with E-state index in [9.17, 15) is 14.4 Å². The van der Waals surface area contributed by atoms with Crippen molar-refractivity contribution in [2.24, 2.45) is 11.8 Å². The zero-order valence-electron chi connectivity index (χ0n) is 15.4. The summed E-state index contributed by atoms with van der Waals surface area (Å²) in [6, 6.07) is 6.83. The van der Waals surface area contributed by atoms with E-state index in [-0.39, 0.29) is 18.4 Å². The summed E-state index contributed by atoms with van der Waals surface area (Å²) >= 11 is 0. The normalized spacial score (nSPS) is 30.5. The number of nitrogens with one attached hydrogen (secondary N) is 1. The predicted octanol–water partition coefficient (Wildman–Crippen LogP) is 1.28. The van der Waals surface area contributed by atoms with Crippen LogP contribution in [0.25, 0.3) is 0 Å². The first-order chi connectivity index (χ1) is 12.4. The molecular weight excluding hydrogens is 336 g/mol. The fourth-order valence-electron chi connectivity index (χ4n) is 4.08. The Labute approximate surface area is 152 Å². The molecule has 4 atom stereocenters. The third-order valence-electron chi connectivity index (χ3n) is 5.37. The maximum atomic E-state index is 12.9. The highest BCUT2D eigenvalue weighted by Crippen LogP contribution is 2.49.